The van der Waals surface area contributed by atoms with Crippen LogP contribution in [0, 0.1) is 0 Å². The maximum absolute atomic E-state index is 12.6. The molecule has 10 heteroatoms. The van der Waals surface area contributed by atoms with Crippen molar-refractivity contribution in [2.75, 3.05) is 10.2 Å². The van der Waals surface area contributed by atoms with Crippen molar-refractivity contribution < 1.29 is 23.9 Å². The molecular formula is C26H27N5O5. The third-order valence-electron chi connectivity index (χ3n) is 4.96. The second-order valence-corrected chi connectivity index (χ2v) is 8.88. The number of para-hydroxylation sites is 1. The second-order valence-electron chi connectivity index (χ2n) is 8.88. The normalized spacial score (nSPS) is 10.9. The summed E-state index contributed by atoms with van der Waals surface area (Å²) in [5.74, 6) is -2.73. The van der Waals surface area contributed by atoms with Crippen LogP contribution < -0.4 is 21.7 Å². The smallest absolute Gasteiger partial charge is 0.412 e. The van der Waals surface area contributed by atoms with E-state index >= 15 is 0 Å². The van der Waals surface area contributed by atoms with Gasteiger partial charge < -0.3 is 16.2 Å². The van der Waals surface area contributed by atoms with Crippen LogP contribution in [-0.2, 0) is 20.9 Å². The van der Waals surface area contributed by atoms with E-state index < -0.39 is 29.4 Å². The van der Waals surface area contributed by atoms with E-state index in [0.29, 0.717) is 28.1 Å². The number of carbonyl (C=O) groups is 4. The van der Waals surface area contributed by atoms with Crippen molar-refractivity contribution in [3.05, 3.63) is 78.1 Å². The number of carbonyl (C=O) groups excluding carboxylic acids is 4. The summed E-state index contributed by atoms with van der Waals surface area (Å²) >= 11 is 0. The minimum atomic E-state index is -1.13. The summed E-state index contributed by atoms with van der Waals surface area (Å²) in [5.41, 5.74) is 12.6. The molecule has 4 amide bonds. The first-order chi connectivity index (χ1) is 17.0. The lowest BCUT2D eigenvalue weighted by Gasteiger charge is -2.22. The molecule has 0 saturated heterocycles. The van der Waals surface area contributed by atoms with E-state index in [2.05, 4.69) is 10.3 Å². The molecule has 0 aliphatic carbocycles. The summed E-state index contributed by atoms with van der Waals surface area (Å²) in [7, 11) is 0. The number of primary amides is 2. The molecule has 0 aliphatic rings. The van der Waals surface area contributed by atoms with Gasteiger partial charge in [-0.1, -0.05) is 24.3 Å². The number of nitrogens with one attached hydrogen (secondary N) is 1. The van der Waals surface area contributed by atoms with Gasteiger partial charge in [-0.15, -0.1) is 0 Å². The first-order valence-corrected chi connectivity index (χ1v) is 11.0. The molecule has 0 aliphatic heterocycles. The van der Waals surface area contributed by atoms with Gasteiger partial charge in [-0.05, 0) is 62.2 Å². The summed E-state index contributed by atoms with van der Waals surface area (Å²) in [6, 6.07) is 14.9. The van der Waals surface area contributed by atoms with Gasteiger partial charge >= 0.3 is 17.9 Å². The highest BCUT2D eigenvalue weighted by Crippen LogP contribution is 2.32. The molecule has 0 bridgehead atoms. The van der Waals surface area contributed by atoms with E-state index in [4.69, 9.17) is 16.2 Å². The Hall–Kier alpha value is -4.73. The largest absolute Gasteiger partial charge is 0.444 e. The number of pyridine rings is 1. The van der Waals surface area contributed by atoms with E-state index in [-0.39, 0.29) is 12.1 Å². The number of benzene rings is 2. The van der Waals surface area contributed by atoms with Gasteiger partial charge in [0.25, 0.3) is 0 Å². The third-order valence-corrected chi connectivity index (χ3v) is 4.96. The quantitative estimate of drug-likeness (QED) is 0.451. The highest BCUT2D eigenvalue weighted by molar-refractivity contribution is 6.39. The van der Waals surface area contributed by atoms with Gasteiger partial charge in [0.15, 0.2) is 0 Å². The monoisotopic (exact) mass is 489 g/mol. The Bertz CT molecular complexity index is 1300. The van der Waals surface area contributed by atoms with Crippen molar-refractivity contribution in [2.45, 2.75) is 32.9 Å². The number of nitrogens with zero attached hydrogens (tertiary/aromatic N) is 2. The molecule has 3 rings (SSSR count). The standard InChI is InChI=1S/C26H27N5O5/c1-26(2,3)36-25(35)30-21-9-5-4-8-18(21)20-13-16(10-11-19(20)22(27)32)15-31(24(34)23(28)33)17-7-6-12-29-14-17/h4-14H,15H2,1-3H3,(H2,27,32)(H2,28,33)(H,30,35). The summed E-state index contributed by atoms with van der Waals surface area (Å²) < 4.78 is 5.35. The minimum Gasteiger partial charge on any atom is -0.444 e. The van der Waals surface area contributed by atoms with Crippen LogP contribution in [0.1, 0.15) is 36.7 Å². The number of aromatic nitrogens is 1. The Labute approximate surface area is 208 Å². The van der Waals surface area contributed by atoms with E-state index in [9.17, 15) is 19.2 Å². The number of amides is 4. The van der Waals surface area contributed by atoms with E-state index in [1.54, 1.807) is 69.3 Å². The molecule has 1 heterocycles. The zero-order valence-electron chi connectivity index (χ0n) is 20.1. The maximum atomic E-state index is 12.6. The highest BCUT2D eigenvalue weighted by Gasteiger charge is 2.23. The Morgan fingerprint density at radius 2 is 1.69 bits per heavy atom. The second kappa shape index (κ2) is 10.7. The topological polar surface area (TPSA) is 158 Å². The number of rotatable bonds is 6. The van der Waals surface area contributed by atoms with Gasteiger partial charge in [0, 0.05) is 17.3 Å². The SMILES string of the molecule is CC(C)(C)OC(=O)Nc1ccccc1-c1cc(CN(C(=O)C(N)=O)c2cccnc2)ccc1C(N)=O. The molecule has 0 unspecified atom stereocenters. The van der Waals surface area contributed by atoms with Crippen LogP contribution in [0.15, 0.2) is 67.0 Å². The van der Waals surface area contributed by atoms with Crippen LogP contribution in [0.2, 0.25) is 0 Å². The Balaban J connectivity index is 2.05. The lowest BCUT2D eigenvalue weighted by molar-refractivity contribution is -0.135. The Morgan fingerprint density at radius 1 is 0.972 bits per heavy atom. The molecule has 0 radical (unpaired) electrons. The predicted octanol–water partition coefficient (Wildman–Crippen LogP) is 3.21. The molecule has 0 atom stereocenters. The zero-order chi connectivity index (χ0) is 26.5. The van der Waals surface area contributed by atoms with Gasteiger partial charge in [0.05, 0.1) is 24.1 Å². The molecule has 0 spiro atoms. The molecule has 0 fully saturated rings. The Kier molecular flexibility index (Phi) is 7.68. The average Bonchev–Trinajstić information content (AvgIpc) is 2.81. The summed E-state index contributed by atoms with van der Waals surface area (Å²) in [6.07, 6.45) is 2.30. The van der Waals surface area contributed by atoms with Gasteiger partial charge in [0.1, 0.15) is 5.60 Å². The van der Waals surface area contributed by atoms with Crippen LogP contribution >= 0.6 is 0 Å². The van der Waals surface area contributed by atoms with E-state index in [1.165, 1.54) is 23.4 Å². The summed E-state index contributed by atoms with van der Waals surface area (Å²) in [4.78, 5) is 54.1. The molecule has 1 aromatic heterocycles. The van der Waals surface area contributed by atoms with Crippen molar-refractivity contribution >= 4 is 35.2 Å². The van der Waals surface area contributed by atoms with Crippen molar-refractivity contribution in [2.24, 2.45) is 11.5 Å². The number of anilines is 2. The summed E-state index contributed by atoms with van der Waals surface area (Å²) in [5, 5.41) is 2.70. The van der Waals surface area contributed by atoms with Crippen LogP contribution in [-0.4, -0.2) is 34.4 Å². The first kappa shape index (κ1) is 25.9. The molecule has 186 valence electrons. The fourth-order valence-electron chi connectivity index (χ4n) is 3.48. The number of hydrogen-bond donors (Lipinski definition) is 3. The van der Waals surface area contributed by atoms with E-state index in [0.717, 1.165) is 0 Å². The average molecular weight is 490 g/mol. The number of hydrogen-bond acceptors (Lipinski definition) is 6. The van der Waals surface area contributed by atoms with Crippen molar-refractivity contribution in [1.82, 2.24) is 4.98 Å². The Morgan fingerprint density at radius 3 is 2.31 bits per heavy atom. The van der Waals surface area contributed by atoms with Crippen LogP contribution in [0.3, 0.4) is 0 Å². The minimum absolute atomic E-state index is 0.0405. The van der Waals surface area contributed by atoms with Crippen molar-refractivity contribution in [1.29, 1.82) is 0 Å². The molecule has 3 aromatic rings. The molecule has 0 saturated carbocycles. The fourth-order valence-corrected chi connectivity index (χ4v) is 3.48. The molecular weight excluding hydrogens is 462 g/mol. The number of ether oxygens (including phenoxy) is 1. The first-order valence-electron chi connectivity index (χ1n) is 11.0. The van der Waals surface area contributed by atoms with Crippen molar-refractivity contribution in [3.63, 3.8) is 0 Å². The van der Waals surface area contributed by atoms with Crippen LogP contribution in [0.25, 0.3) is 11.1 Å². The van der Waals surface area contributed by atoms with Crippen molar-refractivity contribution in [3.8, 4) is 11.1 Å². The maximum Gasteiger partial charge on any atom is 0.412 e. The van der Waals surface area contributed by atoms with Crippen LogP contribution in [0.5, 0.6) is 0 Å². The van der Waals surface area contributed by atoms with Gasteiger partial charge in [-0.25, -0.2) is 4.79 Å². The third kappa shape index (κ3) is 6.44. The highest BCUT2D eigenvalue weighted by atomic mass is 16.6. The predicted molar refractivity (Wildman–Crippen MR) is 135 cm³/mol. The molecule has 36 heavy (non-hydrogen) atoms. The van der Waals surface area contributed by atoms with Crippen LogP contribution in [0.4, 0.5) is 16.2 Å². The molecule has 10 nitrogen and oxygen atoms in total. The molecule has 2 aromatic carbocycles. The van der Waals surface area contributed by atoms with E-state index in [1.807, 2.05) is 0 Å². The zero-order valence-corrected chi connectivity index (χ0v) is 20.1. The van der Waals surface area contributed by atoms with Gasteiger partial charge in [-0.2, -0.15) is 0 Å². The summed E-state index contributed by atoms with van der Waals surface area (Å²) in [6.45, 7) is 5.19. The lowest BCUT2D eigenvalue weighted by atomic mass is 9.95. The van der Waals surface area contributed by atoms with Gasteiger partial charge in [0.2, 0.25) is 5.91 Å². The van der Waals surface area contributed by atoms with Gasteiger partial charge in [-0.3, -0.25) is 29.6 Å². The molecule has 5 N–H and O–H groups in total. The number of nitrogens with two attached hydrogens (primary N) is 2. The fraction of sp³-hybridized carbons (Fsp3) is 0.192. The lowest BCUT2D eigenvalue weighted by Crippen LogP contribution is -2.40.